The first-order valence-corrected chi connectivity index (χ1v) is 10.9. The molecule has 2 fully saturated rings. The van der Waals surface area contributed by atoms with E-state index >= 15 is 0 Å². The number of hydrogen-bond donors (Lipinski definition) is 2. The molecule has 0 spiro atoms. The number of hydrogen-bond acceptors (Lipinski definition) is 3. The Bertz CT molecular complexity index is 471. The van der Waals surface area contributed by atoms with Gasteiger partial charge in [-0.15, -0.1) is 0 Å². The first-order chi connectivity index (χ1) is 13.0. The highest BCUT2D eigenvalue weighted by Gasteiger charge is 2.28. The molecule has 1 saturated carbocycles. The van der Waals surface area contributed by atoms with Crippen molar-refractivity contribution < 1.29 is 9.53 Å². The number of guanidine groups is 1. The highest BCUT2D eigenvalue weighted by Crippen LogP contribution is 2.25. The van der Waals surface area contributed by atoms with Crippen LogP contribution >= 0.6 is 0 Å². The lowest BCUT2D eigenvalue weighted by atomic mass is 9.89. The van der Waals surface area contributed by atoms with E-state index in [1.165, 1.54) is 32.1 Å². The Labute approximate surface area is 165 Å². The molecule has 2 aliphatic rings. The molecule has 1 saturated heterocycles. The monoisotopic (exact) mass is 380 g/mol. The third-order valence-electron chi connectivity index (χ3n) is 6.05. The molecule has 0 aromatic heterocycles. The molecule has 2 atom stereocenters. The van der Waals surface area contributed by atoms with Crippen molar-refractivity contribution in [2.75, 3.05) is 27.2 Å². The van der Waals surface area contributed by atoms with Crippen molar-refractivity contribution in [3.05, 3.63) is 0 Å². The van der Waals surface area contributed by atoms with Crippen molar-refractivity contribution in [3.8, 4) is 0 Å². The fraction of sp³-hybridized carbons (Fsp3) is 0.905. The summed E-state index contributed by atoms with van der Waals surface area (Å²) in [7, 11) is 3.55. The van der Waals surface area contributed by atoms with Gasteiger partial charge in [-0.2, -0.15) is 0 Å². The van der Waals surface area contributed by atoms with Crippen molar-refractivity contribution in [3.63, 3.8) is 0 Å². The highest BCUT2D eigenvalue weighted by atomic mass is 16.5. The van der Waals surface area contributed by atoms with Gasteiger partial charge in [0.05, 0.1) is 6.10 Å². The second-order valence-corrected chi connectivity index (χ2v) is 8.28. The van der Waals surface area contributed by atoms with Crippen LogP contribution in [0.1, 0.15) is 71.6 Å². The number of carbonyl (C=O) groups excluding carboxylic acids is 1. The Morgan fingerprint density at radius 1 is 1.07 bits per heavy atom. The molecule has 0 aromatic carbocycles. The molecular formula is C21H40N4O2. The standard InChI is InChI=1S/C21H40N4O2/c1-5-16(6-2)19-14-18(12-13-27-19)24-21(22-15-20(26)25(3)4)23-17-10-8-7-9-11-17/h16-19H,5-15H2,1-4H3,(H2,22,23,24). The Balaban J connectivity index is 1.98. The van der Waals surface area contributed by atoms with Gasteiger partial charge in [-0.1, -0.05) is 46.0 Å². The quantitative estimate of drug-likeness (QED) is 0.526. The van der Waals surface area contributed by atoms with E-state index in [4.69, 9.17) is 4.74 Å². The Kier molecular flexibility index (Phi) is 9.39. The molecule has 27 heavy (non-hydrogen) atoms. The second kappa shape index (κ2) is 11.5. The lowest BCUT2D eigenvalue weighted by molar-refractivity contribution is -0.127. The van der Waals surface area contributed by atoms with Crippen molar-refractivity contribution in [2.45, 2.75) is 89.8 Å². The number of likely N-dealkylation sites (N-methyl/N-ethyl adjacent to an activating group) is 1. The van der Waals surface area contributed by atoms with E-state index in [2.05, 4.69) is 29.5 Å². The summed E-state index contributed by atoms with van der Waals surface area (Å²) in [4.78, 5) is 18.2. The second-order valence-electron chi connectivity index (χ2n) is 8.28. The molecule has 6 nitrogen and oxygen atoms in total. The Hall–Kier alpha value is -1.30. The van der Waals surface area contributed by atoms with Crippen LogP contribution in [-0.4, -0.2) is 62.2 Å². The van der Waals surface area contributed by atoms with Crippen LogP contribution in [0.2, 0.25) is 0 Å². The minimum atomic E-state index is 0.0293. The maximum atomic E-state index is 12.0. The zero-order valence-corrected chi connectivity index (χ0v) is 17.8. The third kappa shape index (κ3) is 7.32. The van der Waals surface area contributed by atoms with Gasteiger partial charge in [-0.3, -0.25) is 4.79 Å². The van der Waals surface area contributed by atoms with Crippen molar-refractivity contribution in [1.29, 1.82) is 0 Å². The molecule has 2 N–H and O–H groups in total. The van der Waals surface area contributed by atoms with Gasteiger partial charge >= 0.3 is 0 Å². The fourth-order valence-electron chi connectivity index (χ4n) is 4.16. The number of aliphatic imine (C=N–C) groups is 1. The summed E-state index contributed by atoms with van der Waals surface area (Å²) in [6.07, 6.45) is 10.9. The van der Waals surface area contributed by atoms with E-state index in [1.807, 2.05) is 0 Å². The summed E-state index contributed by atoms with van der Waals surface area (Å²) in [5, 5.41) is 7.22. The lowest BCUT2D eigenvalue weighted by Gasteiger charge is -2.35. The summed E-state index contributed by atoms with van der Waals surface area (Å²) in [6, 6.07) is 0.822. The highest BCUT2D eigenvalue weighted by molar-refractivity contribution is 5.85. The number of amides is 1. The summed E-state index contributed by atoms with van der Waals surface area (Å²) in [5.74, 6) is 1.45. The van der Waals surface area contributed by atoms with Crippen molar-refractivity contribution >= 4 is 11.9 Å². The zero-order valence-electron chi connectivity index (χ0n) is 17.8. The van der Waals surface area contributed by atoms with E-state index in [9.17, 15) is 4.79 Å². The van der Waals surface area contributed by atoms with Gasteiger partial charge in [0.15, 0.2) is 5.96 Å². The normalized spacial score (nSPS) is 24.7. The Morgan fingerprint density at radius 3 is 2.37 bits per heavy atom. The van der Waals surface area contributed by atoms with Crippen LogP contribution in [0.4, 0.5) is 0 Å². The van der Waals surface area contributed by atoms with E-state index in [0.29, 0.717) is 24.1 Å². The molecule has 0 aromatic rings. The predicted octanol–water partition coefficient (Wildman–Crippen LogP) is 2.93. The molecule has 2 unspecified atom stereocenters. The minimum Gasteiger partial charge on any atom is -0.378 e. The van der Waals surface area contributed by atoms with Gasteiger partial charge in [0, 0.05) is 32.8 Å². The largest absolute Gasteiger partial charge is 0.378 e. The maximum absolute atomic E-state index is 12.0. The van der Waals surface area contributed by atoms with Crippen LogP contribution in [0, 0.1) is 5.92 Å². The molecular weight excluding hydrogens is 340 g/mol. The number of nitrogens with one attached hydrogen (secondary N) is 2. The summed E-state index contributed by atoms with van der Waals surface area (Å²) >= 11 is 0. The molecule has 1 amide bonds. The van der Waals surface area contributed by atoms with Gasteiger partial charge in [0.1, 0.15) is 6.54 Å². The minimum absolute atomic E-state index is 0.0293. The van der Waals surface area contributed by atoms with Crippen LogP contribution in [-0.2, 0) is 9.53 Å². The van der Waals surface area contributed by atoms with Crippen LogP contribution in [0.3, 0.4) is 0 Å². The zero-order chi connectivity index (χ0) is 19.6. The van der Waals surface area contributed by atoms with Crippen LogP contribution in [0.15, 0.2) is 4.99 Å². The van der Waals surface area contributed by atoms with Gasteiger partial charge in [-0.05, 0) is 31.6 Å². The maximum Gasteiger partial charge on any atom is 0.243 e. The SMILES string of the molecule is CCC(CC)C1CC(NC(=NCC(=O)N(C)C)NC2CCCCC2)CCO1. The average Bonchev–Trinajstić information content (AvgIpc) is 2.68. The van der Waals surface area contributed by atoms with E-state index in [1.54, 1.807) is 19.0 Å². The average molecular weight is 381 g/mol. The molecule has 2 rings (SSSR count). The van der Waals surface area contributed by atoms with Crippen molar-refractivity contribution in [1.82, 2.24) is 15.5 Å². The topological polar surface area (TPSA) is 66.0 Å². The lowest BCUT2D eigenvalue weighted by Crippen LogP contribution is -2.51. The molecule has 0 radical (unpaired) electrons. The first kappa shape index (κ1) is 22.0. The molecule has 156 valence electrons. The van der Waals surface area contributed by atoms with Crippen LogP contribution < -0.4 is 10.6 Å². The summed E-state index contributed by atoms with van der Waals surface area (Å²) in [5.41, 5.74) is 0. The number of carbonyl (C=O) groups is 1. The van der Waals surface area contributed by atoms with Gasteiger partial charge < -0.3 is 20.3 Å². The molecule has 0 bridgehead atoms. The van der Waals surface area contributed by atoms with E-state index in [0.717, 1.165) is 38.2 Å². The smallest absolute Gasteiger partial charge is 0.243 e. The molecule has 6 heteroatoms. The number of ether oxygens (including phenoxy) is 1. The first-order valence-electron chi connectivity index (χ1n) is 10.9. The fourth-order valence-corrected chi connectivity index (χ4v) is 4.16. The van der Waals surface area contributed by atoms with Gasteiger partial charge in [0.25, 0.3) is 0 Å². The molecule has 1 aliphatic heterocycles. The molecule has 1 heterocycles. The third-order valence-corrected chi connectivity index (χ3v) is 6.05. The van der Waals surface area contributed by atoms with Crippen LogP contribution in [0.5, 0.6) is 0 Å². The number of rotatable bonds is 7. The predicted molar refractivity (Wildman–Crippen MR) is 111 cm³/mol. The summed E-state index contributed by atoms with van der Waals surface area (Å²) in [6.45, 7) is 5.48. The van der Waals surface area contributed by atoms with E-state index in [-0.39, 0.29) is 12.5 Å². The van der Waals surface area contributed by atoms with Crippen molar-refractivity contribution in [2.24, 2.45) is 10.9 Å². The molecule has 1 aliphatic carbocycles. The van der Waals surface area contributed by atoms with Gasteiger partial charge in [-0.25, -0.2) is 4.99 Å². The summed E-state index contributed by atoms with van der Waals surface area (Å²) < 4.78 is 6.05. The van der Waals surface area contributed by atoms with Crippen LogP contribution in [0.25, 0.3) is 0 Å². The van der Waals surface area contributed by atoms with Gasteiger partial charge in [0.2, 0.25) is 5.91 Å². The van der Waals surface area contributed by atoms with E-state index < -0.39 is 0 Å². The Morgan fingerprint density at radius 2 is 1.74 bits per heavy atom. The number of nitrogens with zero attached hydrogens (tertiary/aromatic N) is 2.